The first kappa shape index (κ1) is 32.0. The van der Waals surface area contributed by atoms with Gasteiger partial charge in [-0.15, -0.1) is 0 Å². The van der Waals surface area contributed by atoms with Gasteiger partial charge in [-0.1, -0.05) is 158 Å². The van der Waals surface area contributed by atoms with Crippen LogP contribution in [0.3, 0.4) is 0 Å². The van der Waals surface area contributed by atoms with Gasteiger partial charge in [0.1, 0.15) is 11.2 Å². The Labute approximate surface area is 325 Å². The van der Waals surface area contributed by atoms with Gasteiger partial charge < -0.3 is 9.32 Å². The molecule has 0 N–H and O–H groups in total. The topological polar surface area (TPSA) is 16.4 Å². The molecule has 11 rings (SSSR count). The number of fused-ring (bicyclic) bond motifs is 6. The average molecular weight is 714 g/mol. The summed E-state index contributed by atoms with van der Waals surface area (Å²) in [5.41, 5.74) is 11.9. The molecule has 0 amide bonds. The molecule has 0 atom stereocenters. The lowest BCUT2D eigenvalue weighted by Crippen LogP contribution is -2.11. The van der Waals surface area contributed by atoms with E-state index in [1.807, 2.05) is 0 Å². The Morgan fingerprint density at radius 3 is 1.55 bits per heavy atom. The van der Waals surface area contributed by atoms with E-state index in [2.05, 4.69) is 217 Å². The molecule has 0 aliphatic carbocycles. The predicted octanol–water partition coefficient (Wildman–Crippen LogP) is 15.5. The summed E-state index contributed by atoms with van der Waals surface area (Å²) in [5.74, 6) is 0. The van der Waals surface area contributed by atoms with Crippen molar-refractivity contribution in [2.45, 2.75) is 0 Å². The summed E-state index contributed by atoms with van der Waals surface area (Å²) in [5, 5.41) is 9.57. The van der Waals surface area contributed by atoms with Gasteiger partial charge in [0, 0.05) is 33.3 Å². The lowest BCUT2D eigenvalue weighted by atomic mass is 9.97. The average Bonchev–Trinajstić information content (AvgIpc) is 3.63. The number of furan rings is 1. The molecule has 0 saturated carbocycles. The maximum Gasteiger partial charge on any atom is 0.143 e. The number of nitrogens with zero attached hydrogens (tertiary/aromatic N) is 1. The SMILES string of the molecule is c1cc(-c2ccc3ccccc3c2)cc(N(c2ccc(-c3ccc4ccccc4c3)cc2)c2ccccc2-c2cccc3c2oc2cc4ccccc4cc23)c1. The Bertz CT molecular complexity index is 3260. The summed E-state index contributed by atoms with van der Waals surface area (Å²) in [6, 6.07) is 76.6. The smallest absolute Gasteiger partial charge is 0.143 e. The Hall–Kier alpha value is -7.42. The molecule has 0 radical (unpaired) electrons. The van der Waals surface area contributed by atoms with Crippen LogP contribution in [-0.4, -0.2) is 0 Å². The van der Waals surface area contributed by atoms with Crippen LogP contribution in [0.25, 0.3) is 87.6 Å². The number of hydrogen-bond donors (Lipinski definition) is 0. The second kappa shape index (κ2) is 13.2. The van der Waals surface area contributed by atoms with Gasteiger partial charge in [-0.25, -0.2) is 0 Å². The monoisotopic (exact) mass is 713 g/mol. The fourth-order valence-corrected chi connectivity index (χ4v) is 8.38. The summed E-state index contributed by atoms with van der Waals surface area (Å²) < 4.78 is 6.78. The van der Waals surface area contributed by atoms with Crippen molar-refractivity contribution in [1.82, 2.24) is 0 Å². The fourth-order valence-electron chi connectivity index (χ4n) is 8.38. The van der Waals surface area contributed by atoms with Crippen LogP contribution < -0.4 is 4.90 Å². The van der Waals surface area contributed by atoms with Crippen LogP contribution in [-0.2, 0) is 0 Å². The standard InChI is InChI=1S/C54H35NO/c1-3-13-39-31-44(25-23-36(39)11-1)38-27-29-46(30-28-38)55(47-18-9-17-41(33-47)45-26-24-37-12-2-4-14-40(37)32-45)52-22-8-7-19-48(52)49-20-10-21-50-51-34-42-15-5-6-16-43(42)35-53(51)56-54(49)50/h1-35H. The number of para-hydroxylation sites is 2. The van der Waals surface area contributed by atoms with Crippen LogP contribution in [0.15, 0.2) is 217 Å². The molecule has 56 heavy (non-hydrogen) atoms. The van der Waals surface area contributed by atoms with E-state index in [0.717, 1.165) is 55.7 Å². The highest BCUT2D eigenvalue weighted by Crippen LogP contribution is 2.45. The highest BCUT2D eigenvalue weighted by molar-refractivity contribution is 6.14. The van der Waals surface area contributed by atoms with Crippen molar-refractivity contribution in [2.75, 3.05) is 4.90 Å². The Morgan fingerprint density at radius 2 is 0.839 bits per heavy atom. The molecule has 2 heteroatoms. The summed E-state index contributed by atoms with van der Waals surface area (Å²) in [4.78, 5) is 2.39. The molecular formula is C54H35NO. The molecule has 2 nitrogen and oxygen atoms in total. The lowest BCUT2D eigenvalue weighted by molar-refractivity contribution is 0.670. The van der Waals surface area contributed by atoms with E-state index in [9.17, 15) is 0 Å². The molecule has 0 unspecified atom stereocenters. The van der Waals surface area contributed by atoms with E-state index < -0.39 is 0 Å². The van der Waals surface area contributed by atoms with Crippen molar-refractivity contribution in [2.24, 2.45) is 0 Å². The van der Waals surface area contributed by atoms with Crippen molar-refractivity contribution in [3.8, 4) is 33.4 Å². The van der Waals surface area contributed by atoms with Crippen molar-refractivity contribution in [3.63, 3.8) is 0 Å². The minimum atomic E-state index is 0.891. The molecule has 0 fully saturated rings. The molecule has 0 saturated heterocycles. The number of rotatable bonds is 6. The van der Waals surface area contributed by atoms with Crippen molar-refractivity contribution < 1.29 is 4.42 Å². The Kier molecular flexibility index (Phi) is 7.53. The summed E-state index contributed by atoms with van der Waals surface area (Å²) >= 11 is 0. The molecular weight excluding hydrogens is 679 g/mol. The van der Waals surface area contributed by atoms with Gasteiger partial charge in [-0.05, 0) is 109 Å². The molecule has 0 aliphatic rings. The number of benzene rings is 10. The maximum atomic E-state index is 6.78. The van der Waals surface area contributed by atoms with Crippen molar-refractivity contribution >= 4 is 71.3 Å². The van der Waals surface area contributed by atoms with E-state index >= 15 is 0 Å². The fraction of sp³-hybridized carbons (Fsp3) is 0. The zero-order valence-corrected chi connectivity index (χ0v) is 30.6. The van der Waals surface area contributed by atoms with Crippen LogP contribution in [0, 0.1) is 0 Å². The predicted molar refractivity (Wildman–Crippen MR) is 237 cm³/mol. The first-order chi connectivity index (χ1) is 27.7. The lowest BCUT2D eigenvalue weighted by Gasteiger charge is -2.28. The minimum absolute atomic E-state index is 0.891. The van der Waals surface area contributed by atoms with Gasteiger partial charge in [0.25, 0.3) is 0 Å². The van der Waals surface area contributed by atoms with Crippen molar-refractivity contribution in [1.29, 1.82) is 0 Å². The van der Waals surface area contributed by atoms with E-state index in [0.29, 0.717) is 0 Å². The van der Waals surface area contributed by atoms with Gasteiger partial charge in [-0.2, -0.15) is 0 Å². The van der Waals surface area contributed by atoms with Crippen LogP contribution in [0.5, 0.6) is 0 Å². The van der Waals surface area contributed by atoms with E-state index in [1.165, 1.54) is 49.0 Å². The second-order valence-electron chi connectivity index (χ2n) is 14.6. The first-order valence-corrected chi connectivity index (χ1v) is 19.2. The molecule has 10 aromatic carbocycles. The molecule has 11 aromatic rings. The largest absolute Gasteiger partial charge is 0.455 e. The van der Waals surface area contributed by atoms with Crippen molar-refractivity contribution in [3.05, 3.63) is 212 Å². The van der Waals surface area contributed by atoms with Crippen LogP contribution >= 0.6 is 0 Å². The highest BCUT2D eigenvalue weighted by Gasteiger charge is 2.21. The van der Waals surface area contributed by atoms with Crippen LogP contribution in [0.2, 0.25) is 0 Å². The first-order valence-electron chi connectivity index (χ1n) is 19.2. The zero-order chi connectivity index (χ0) is 37.0. The quantitative estimate of drug-likeness (QED) is 0.171. The Morgan fingerprint density at radius 1 is 0.304 bits per heavy atom. The summed E-state index contributed by atoms with van der Waals surface area (Å²) in [7, 11) is 0. The normalized spacial score (nSPS) is 11.6. The van der Waals surface area contributed by atoms with Gasteiger partial charge in [0.05, 0.1) is 5.69 Å². The highest BCUT2D eigenvalue weighted by atomic mass is 16.3. The number of hydrogen-bond acceptors (Lipinski definition) is 2. The number of anilines is 3. The summed E-state index contributed by atoms with van der Waals surface area (Å²) in [6.45, 7) is 0. The molecule has 1 aromatic heterocycles. The van der Waals surface area contributed by atoms with Gasteiger partial charge in [-0.3, -0.25) is 0 Å². The third-order valence-electron chi connectivity index (χ3n) is 11.2. The molecule has 0 aliphatic heterocycles. The Balaban J connectivity index is 1.09. The second-order valence-corrected chi connectivity index (χ2v) is 14.6. The van der Waals surface area contributed by atoms with E-state index in [4.69, 9.17) is 4.42 Å². The third-order valence-corrected chi connectivity index (χ3v) is 11.2. The molecule has 262 valence electrons. The maximum absolute atomic E-state index is 6.78. The molecule has 0 bridgehead atoms. The zero-order valence-electron chi connectivity index (χ0n) is 30.6. The summed E-state index contributed by atoms with van der Waals surface area (Å²) in [6.07, 6.45) is 0. The van der Waals surface area contributed by atoms with Gasteiger partial charge in [0.2, 0.25) is 0 Å². The third kappa shape index (κ3) is 5.51. The molecule has 1 heterocycles. The van der Waals surface area contributed by atoms with E-state index in [1.54, 1.807) is 0 Å². The van der Waals surface area contributed by atoms with E-state index in [-0.39, 0.29) is 0 Å². The molecule has 0 spiro atoms. The van der Waals surface area contributed by atoms with Crippen LogP contribution in [0.1, 0.15) is 0 Å². The van der Waals surface area contributed by atoms with Gasteiger partial charge in [0.15, 0.2) is 0 Å². The van der Waals surface area contributed by atoms with Gasteiger partial charge >= 0.3 is 0 Å². The van der Waals surface area contributed by atoms with Crippen LogP contribution in [0.4, 0.5) is 17.1 Å². The minimum Gasteiger partial charge on any atom is -0.455 e.